The van der Waals surface area contributed by atoms with Gasteiger partial charge in [-0.15, -0.1) is 11.3 Å². The Bertz CT molecular complexity index is 627. The molecule has 7 heteroatoms. The Morgan fingerprint density at radius 1 is 1.37 bits per heavy atom. The predicted octanol–water partition coefficient (Wildman–Crippen LogP) is 2.84. The maximum atomic E-state index is 11.9. The van der Waals surface area contributed by atoms with Crippen molar-refractivity contribution >= 4 is 40.5 Å². The summed E-state index contributed by atoms with van der Waals surface area (Å²) in [6.07, 6.45) is 0. The lowest BCUT2D eigenvalue weighted by atomic mass is 10.3. The summed E-state index contributed by atoms with van der Waals surface area (Å²) in [6, 6.07) is 6.35. The first-order chi connectivity index (χ1) is 9.11. The van der Waals surface area contributed by atoms with E-state index in [1.165, 1.54) is 24.5 Å². The van der Waals surface area contributed by atoms with Crippen LogP contribution >= 0.6 is 22.9 Å². The van der Waals surface area contributed by atoms with Crippen molar-refractivity contribution < 1.29 is 14.3 Å². The predicted molar refractivity (Wildman–Crippen MR) is 72.9 cm³/mol. The number of carbonyl (C=O) groups is 2. The van der Waals surface area contributed by atoms with Gasteiger partial charge < -0.3 is 10.1 Å². The first-order valence-electron chi connectivity index (χ1n) is 5.21. The zero-order valence-electron chi connectivity index (χ0n) is 9.84. The van der Waals surface area contributed by atoms with Crippen molar-refractivity contribution in [2.24, 2.45) is 0 Å². The monoisotopic (exact) mass is 296 g/mol. The number of pyridine rings is 1. The zero-order valence-corrected chi connectivity index (χ0v) is 11.4. The molecule has 2 heterocycles. The molecule has 0 bridgehead atoms. The average molecular weight is 297 g/mol. The molecule has 0 aliphatic heterocycles. The molecule has 0 aliphatic carbocycles. The molecule has 5 nitrogen and oxygen atoms in total. The van der Waals surface area contributed by atoms with E-state index in [4.69, 9.17) is 11.6 Å². The van der Waals surface area contributed by atoms with Crippen LogP contribution in [0.2, 0.25) is 5.15 Å². The number of thiophene rings is 1. The largest absolute Gasteiger partial charge is 0.465 e. The minimum absolute atomic E-state index is 0.175. The molecule has 0 aromatic carbocycles. The molecule has 0 unspecified atom stereocenters. The molecule has 0 radical (unpaired) electrons. The molecule has 0 spiro atoms. The maximum absolute atomic E-state index is 11.9. The number of aromatic nitrogens is 1. The fraction of sp³-hybridized carbons (Fsp3) is 0.0833. The first-order valence-corrected chi connectivity index (χ1v) is 6.47. The molecule has 0 aliphatic rings. The Morgan fingerprint density at radius 2 is 2.16 bits per heavy atom. The Kier molecular flexibility index (Phi) is 4.13. The molecule has 98 valence electrons. The number of esters is 1. The lowest BCUT2D eigenvalue weighted by Crippen LogP contribution is -2.15. The Labute approximate surface area is 118 Å². The number of anilines is 1. The van der Waals surface area contributed by atoms with Crippen LogP contribution in [0.15, 0.2) is 29.6 Å². The summed E-state index contributed by atoms with van der Waals surface area (Å²) in [5.41, 5.74) is 0.568. The Morgan fingerprint density at radius 3 is 2.84 bits per heavy atom. The van der Waals surface area contributed by atoms with Crippen molar-refractivity contribution in [2.45, 2.75) is 0 Å². The third-order valence-corrected chi connectivity index (χ3v) is 3.34. The zero-order chi connectivity index (χ0) is 13.8. The highest BCUT2D eigenvalue weighted by atomic mass is 35.5. The minimum atomic E-state index is -0.496. The van der Waals surface area contributed by atoms with E-state index < -0.39 is 11.9 Å². The van der Waals surface area contributed by atoms with Crippen LogP contribution in [0.4, 0.5) is 5.69 Å². The summed E-state index contributed by atoms with van der Waals surface area (Å²) in [5, 5.41) is 4.51. The summed E-state index contributed by atoms with van der Waals surface area (Å²) in [4.78, 5) is 27.6. The second-order valence-corrected chi connectivity index (χ2v) is 4.76. The van der Waals surface area contributed by atoms with Gasteiger partial charge in [0.2, 0.25) is 0 Å². The van der Waals surface area contributed by atoms with Crippen LogP contribution in [0.25, 0.3) is 0 Å². The van der Waals surface area contributed by atoms with Gasteiger partial charge in [0, 0.05) is 0 Å². The van der Waals surface area contributed by atoms with Gasteiger partial charge in [-0.05, 0) is 23.6 Å². The summed E-state index contributed by atoms with van der Waals surface area (Å²) in [6.45, 7) is 0. The van der Waals surface area contributed by atoms with Crippen molar-refractivity contribution in [2.75, 3.05) is 12.4 Å². The summed E-state index contributed by atoms with van der Waals surface area (Å²) in [5.74, 6) is -0.935. The van der Waals surface area contributed by atoms with Gasteiger partial charge in [0.1, 0.15) is 15.7 Å². The summed E-state index contributed by atoms with van der Waals surface area (Å²) < 4.78 is 4.63. The molecule has 2 aromatic rings. The lowest BCUT2D eigenvalue weighted by Gasteiger charge is -2.05. The number of amides is 1. The van der Waals surface area contributed by atoms with Crippen molar-refractivity contribution in [3.05, 3.63) is 45.4 Å². The normalized spacial score (nSPS) is 10.0. The molecule has 0 fully saturated rings. The SMILES string of the molecule is COC(=O)c1sccc1NC(=O)c1cccc(Cl)n1. The van der Waals surface area contributed by atoms with Crippen LogP contribution in [0, 0.1) is 0 Å². The van der Waals surface area contributed by atoms with Crippen LogP contribution in [0.5, 0.6) is 0 Å². The standard InChI is InChI=1S/C12H9ClN2O3S/c1-18-12(17)10-7(5-6-19-10)15-11(16)8-3-2-4-9(13)14-8/h2-6H,1H3,(H,15,16). The Balaban J connectivity index is 2.20. The number of carbonyl (C=O) groups excluding carboxylic acids is 2. The molecule has 0 saturated carbocycles. The van der Waals surface area contributed by atoms with Gasteiger partial charge in [0.25, 0.3) is 5.91 Å². The van der Waals surface area contributed by atoms with E-state index in [2.05, 4.69) is 15.0 Å². The number of halogens is 1. The molecule has 2 aromatic heterocycles. The number of nitrogens with zero attached hydrogens (tertiary/aromatic N) is 1. The maximum Gasteiger partial charge on any atom is 0.350 e. The average Bonchev–Trinajstić information content (AvgIpc) is 2.86. The molecule has 19 heavy (non-hydrogen) atoms. The lowest BCUT2D eigenvalue weighted by molar-refractivity contribution is 0.0607. The quantitative estimate of drug-likeness (QED) is 0.698. The van der Waals surface area contributed by atoms with Crippen LogP contribution in [0.3, 0.4) is 0 Å². The number of rotatable bonds is 3. The fourth-order valence-electron chi connectivity index (χ4n) is 1.38. The van der Waals surface area contributed by atoms with Crippen molar-refractivity contribution in [3.63, 3.8) is 0 Å². The van der Waals surface area contributed by atoms with Crippen LogP contribution in [-0.4, -0.2) is 24.0 Å². The van der Waals surface area contributed by atoms with Gasteiger partial charge in [0.05, 0.1) is 12.8 Å². The van der Waals surface area contributed by atoms with E-state index in [0.29, 0.717) is 10.6 Å². The summed E-state index contributed by atoms with van der Waals surface area (Å²) >= 11 is 6.90. The molecule has 2 rings (SSSR count). The number of hydrogen-bond donors (Lipinski definition) is 1. The van der Waals surface area contributed by atoms with E-state index in [-0.39, 0.29) is 10.8 Å². The molecular formula is C12H9ClN2O3S. The highest BCUT2D eigenvalue weighted by Gasteiger charge is 2.16. The van der Waals surface area contributed by atoms with Crippen molar-refractivity contribution in [1.29, 1.82) is 0 Å². The second kappa shape index (κ2) is 5.81. The topological polar surface area (TPSA) is 68.3 Å². The number of nitrogens with one attached hydrogen (secondary N) is 1. The van der Waals surface area contributed by atoms with E-state index >= 15 is 0 Å². The first kappa shape index (κ1) is 13.5. The number of hydrogen-bond acceptors (Lipinski definition) is 5. The van der Waals surface area contributed by atoms with Crippen LogP contribution in [-0.2, 0) is 4.74 Å². The van der Waals surface area contributed by atoms with Crippen molar-refractivity contribution in [1.82, 2.24) is 4.98 Å². The highest BCUT2D eigenvalue weighted by Crippen LogP contribution is 2.23. The van der Waals surface area contributed by atoms with E-state index in [0.717, 1.165) is 0 Å². The van der Waals surface area contributed by atoms with Gasteiger partial charge in [-0.3, -0.25) is 4.79 Å². The number of methoxy groups -OCH3 is 1. The second-order valence-electron chi connectivity index (χ2n) is 3.45. The van der Waals surface area contributed by atoms with Crippen LogP contribution in [0.1, 0.15) is 20.2 Å². The molecule has 0 saturated heterocycles. The van der Waals surface area contributed by atoms with E-state index in [1.54, 1.807) is 23.6 Å². The number of ether oxygens (including phenoxy) is 1. The Hall–Kier alpha value is -1.92. The highest BCUT2D eigenvalue weighted by molar-refractivity contribution is 7.12. The summed E-state index contributed by atoms with van der Waals surface area (Å²) in [7, 11) is 1.28. The van der Waals surface area contributed by atoms with Gasteiger partial charge in [-0.1, -0.05) is 17.7 Å². The third-order valence-electron chi connectivity index (χ3n) is 2.23. The van der Waals surface area contributed by atoms with E-state index in [1.807, 2.05) is 0 Å². The molecule has 1 N–H and O–H groups in total. The van der Waals surface area contributed by atoms with Gasteiger partial charge in [0.15, 0.2) is 0 Å². The van der Waals surface area contributed by atoms with Gasteiger partial charge in [-0.25, -0.2) is 9.78 Å². The van der Waals surface area contributed by atoms with Gasteiger partial charge in [-0.2, -0.15) is 0 Å². The van der Waals surface area contributed by atoms with Crippen molar-refractivity contribution in [3.8, 4) is 0 Å². The molecule has 1 amide bonds. The van der Waals surface area contributed by atoms with E-state index in [9.17, 15) is 9.59 Å². The molecular weight excluding hydrogens is 288 g/mol. The van der Waals surface area contributed by atoms with Crippen LogP contribution < -0.4 is 5.32 Å². The third kappa shape index (κ3) is 3.10. The van der Waals surface area contributed by atoms with Gasteiger partial charge >= 0.3 is 5.97 Å². The smallest absolute Gasteiger partial charge is 0.350 e. The minimum Gasteiger partial charge on any atom is -0.465 e. The fourth-order valence-corrected chi connectivity index (χ4v) is 2.31. The molecule has 0 atom stereocenters.